The lowest BCUT2D eigenvalue weighted by atomic mass is 9.93. The van der Waals surface area contributed by atoms with Gasteiger partial charge in [-0.3, -0.25) is 4.90 Å². The highest BCUT2D eigenvalue weighted by molar-refractivity contribution is 6.31. The van der Waals surface area contributed by atoms with Crippen molar-refractivity contribution in [3.05, 3.63) is 34.3 Å². The van der Waals surface area contributed by atoms with Gasteiger partial charge in [0.05, 0.1) is 10.6 Å². The number of nitrogens with one attached hydrogen (secondary N) is 1. The van der Waals surface area contributed by atoms with Crippen LogP contribution in [-0.2, 0) is 6.18 Å². The number of nitrogens with zero attached hydrogens (tertiary/aromatic N) is 1. The first kappa shape index (κ1) is 17.6. The average Bonchev–Trinajstić information content (AvgIpc) is 2.45. The van der Waals surface area contributed by atoms with Crippen molar-refractivity contribution in [2.45, 2.75) is 32.5 Å². The zero-order valence-electron chi connectivity index (χ0n) is 12.9. The standard InChI is InChI=1S/C16H22ClF3N2/c1-11(2)9-15(22-7-5-21-6-8-22)12-3-4-14(17)13(10-12)16(18,19)20/h3-4,10-11,15,21H,5-9H2,1-2H3/t15-/m1/s1. The van der Waals surface area contributed by atoms with E-state index in [1.807, 2.05) is 0 Å². The van der Waals surface area contributed by atoms with Crippen molar-refractivity contribution in [3.8, 4) is 0 Å². The van der Waals surface area contributed by atoms with Crippen molar-refractivity contribution >= 4 is 11.6 Å². The molecule has 1 atom stereocenters. The van der Waals surface area contributed by atoms with E-state index < -0.39 is 11.7 Å². The first-order chi connectivity index (χ1) is 10.3. The van der Waals surface area contributed by atoms with E-state index in [0.29, 0.717) is 11.5 Å². The molecule has 2 nitrogen and oxygen atoms in total. The van der Waals surface area contributed by atoms with E-state index in [1.165, 1.54) is 12.1 Å². The first-order valence-electron chi connectivity index (χ1n) is 7.60. The summed E-state index contributed by atoms with van der Waals surface area (Å²) < 4.78 is 39.3. The van der Waals surface area contributed by atoms with Crippen LogP contribution in [0.25, 0.3) is 0 Å². The Bertz CT molecular complexity index is 497. The van der Waals surface area contributed by atoms with Gasteiger partial charge in [0.25, 0.3) is 0 Å². The number of piperazine rings is 1. The van der Waals surface area contributed by atoms with Crippen molar-refractivity contribution in [2.24, 2.45) is 5.92 Å². The minimum Gasteiger partial charge on any atom is -0.314 e. The molecule has 0 unspecified atom stereocenters. The number of hydrogen-bond acceptors (Lipinski definition) is 2. The number of benzene rings is 1. The third kappa shape index (κ3) is 4.37. The van der Waals surface area contributed by atoms with E-state index in [9.17, 15) is 13.2 Å². The Morgan fingerprint density at radius 3 is 2.41 bits per heavy atom. The molecule has 1 heterocycles. The largest absolute Gasteiger partial charge is 0.417 e. The SMILES string of the molecule is CC(C)C[C@H](c1ccc(Cl)c(C(F)(F)F)c1)N1CCNCC1. The fourth-order valence-electron chi connectivity index (χ4n) is 2.90. The van der Waals surface area contributed by atoms with Crippen LogP contribution in [-0.4, -0.2) is 31.1 Å². The van der Waals surface area contributed by atoms with Crippen LogP contribution in [0.2, 0.25) is 5.02 Å². The summed E-state index contributed by atoms with van der Waals surface area (Å²) in [4.78, 5) is 2.26. The minimum absolute atomic E-state index is 0.000432. The molecule has 1 N–H and O–H groups in total. The molecule has 0 amide bonds. The lowest BCUT2D eigenvalue weighted by Gasteiger charge is -2.36. The highest BCUT2D eigenvalue weighted by atomic mass is 35.5. The molecule has 0 aromatic heterocycles. The van der Waals surface area contributed by atoms with Crippen molar-refractivity contribution in [3.63, 3.8) is 0 Å². The van der Waals surface area contributed by atoms with E-state index >= 15 is 0 Å². The maximum absolute atomic E-state index is 13.1. The molecular formula is C16H22ClF3N2. The van der Waals surface area contributed by atoms with Gasteiger partial charge < -0.3 is 5.32 Å². The van der Waals surface area contributed by atoms with Crippen LogP contribution in [0.3, 0.4) is 0 Å². The van der Waals surface area contributed by atoms with Crippen LogP contribution in [0.15, 0.2) is 18.2 Å². The Labute approximate surface area is 134 Å². The van der Waals surface area contributed by atoms with Crippen LogP contribution in [0.1, 0.15) is 37.4 Å². The molecule has 22 heavy (non-hydrogen) atoms. The fraction of sp³-hybridized carbons (Fsp3) is 0.625. The quantitative estimate of drug-likeness (QED) is 0.880. The molecule has 2 rings (SSSR count). The molecule has 0 saturated carbocycles. The van der Waals surface area contributed by atoms with Gasteiger partial charge in [-0.1, -0.05) is 31.5 Å². The number of alkyl halides is 3. The van der Waals surface area contributed by atoms with Crippen molar-refractivity contribution in [1.82, 2.24) is 10.2 Å². The predicted molar refractivity (Wildman–Crippen MR) is 83.1 cm³/mol. The third-order valence-electron chi connectivity index (χ3n) is 3.97. The van der Waals surface area contributed by atoms with Crippen LogP contribution < -0.4 is 5.32 Å². The molecule has 0 radical (unpaired) electrons. The molecule has 6 heteroatoms. The monoisotopic (exact) mass is 334 g/mol. The lowest BCUT2D eigenvalue weighted by molar-refractivity contribution is -0.137. The van der Waals surface area contributed by atoms with Crippen LogP contribution >= 0.6 is 11.6 Å². The molecule has 124 valence electrons. The Balaban J connectivity index is 2.34. The second-order valence-electron chi connectivity index (χ2n) is 6.17. The van der Waals surface area contributed by atoms with Gasteiger partial charge in [0.1, 0.15) is 0 Å². The van der Waals surface area contributed by atoms with Gasteiger partial charge in [-0.2, -0.15) is 13.2 Å². The van der Waals surface area contributed by atoms with Crippen molar-refractivity contribution in [1.29, 1.82) is 0 Å². The van der Waals surface area contributed by atoms with Crippen molar-refractivity contribution in [2.75, 3.05) is 26.2 Å². The highest BCUT2D eigenvalue weighted by Crippen LogP contribution is 2.38. The number of rotatable bonds is 4. The topological polar surface area (TPSA) is 15.3 Å². The smallest absolute Gasteiger partial charge is 0.314 e. The number of halogens is 4. The van der Waals surface area contributed by atoms with E-state index in [-0.39, 0.29) is 11.1 Å². The van der Waals surface area contributed by atoms with E-state index in [2.05, 4.69) is 24.1 Å². The molecule has 1 aromatic carbocycles. The fourth-order valence-corrected chi connectivity index (χ4v) is 3.13. The normalized spacial score (nSPS) is 18.7. The molecule has 0 aliphatic carbocycles. The summed E-state index contributed by atoms with van der Waals surface area (Å²) >= 11 is 5.73. The summed E-state index contributed by atoms with van der Waals surface area (Å²) in [6, 6.07) is 4.32. The summed E-state index contributed by atoms with van der Waals surface area (Å²) in [7, 11) is 0. The Morgan fingerprint density at radius 2 is 1.86 bits per heavy atom. The van der Waals surface area contributed by atoms with Crippen LogP contribution in [0.5, 0.6) is 0 Å². The van der Waals surface area contributed by atoms with Gasteiger partial charge >= 0.3 is 6.18 Å². The molecule has 1 aromatic rings. The summed E-state index contributed by atoms with van der Waals surface area (Å²) in [6.45, 7) is 7.62. The summed E-state index contributed by atoms with van der Waals surface area (Å²) in [5, 5.41) is 3.04. The zero-order valence-corrected chi connectivity index (χ0v) is 13.6. The van der Waals surface area contributed by atoms with Gasteiger partial charge in [-0.15, -0.1) is 0 Å². The highest BCUT2D eigenvalue weighted by Gasteiger charge is 2.34. The molecule has 0 spiro atoms. The van der Waals surface area contributed by atoms with Crippen LogP contribution in [0, 0.1) is 5.92 Å². The Hall–Kier alpha value is -0.780. The van der Waals surface area contributed by atoms with Gasteiger partial charge in [0, 0.05) is 32.2 Å². The van der Waals surface area contributed by atoms with Gasteiger partial charge in [-0.25, -0.2) is 0 Å². The van der Waals surface area contributed by atoms with Gasteiger partial charge in [-0.05, 0) is 30.0 Å². The maximum Gasteiger partial charge on any atom is 0.417 e. The van der Waals surface area contributed by atoms with E-state index in [4.69, 9.17) is 11.6 Å². The number of hydrogen-bond donors (Lipinski definition) is 1. The molecule has 0 bridgehead atoms. The first-order valence-corrected chi connectivity index (χ1v) is 7.98. The molecule has 1 aliphatic heterocycles. The van der Waals surface area contributed by atoms with E-state index in [1.54, 1.807) is 6.07 Å². The van der Waals surface area contributed by atoms with E-state index in [0.717, 1.165) is 32.6 Å². The molecule has 1 aliphatic rings. The summed E-state index contributed by atoms with van der Waals surface area (Å²) in [5.74, 6) is 0.407. The molecule has 1 fully saturated rings. The second-order valence-corrected chi connectivity index (χ2v) is 6.58. The maximum atomic E-state index is 13.1. The van der Waals surface area contributed by atoms with Crippen LogP contribution in [0.4, 0.5) is 13.2 Å². The van der Waals surface area contributed by atoms with Gasteiger partial charge in [0.2, 0.25) is 0 Å². The second kappa shape index (κ2) is 7.20. The molecular weight excluding hydrogens is 313 g/mol. The Kier molecular flexibility index (Phi) is 5.75. The minimum atomic E-state index is -4.42. The van der Waals surface area contributed by atoms with Crippen molar-refractivity contribution < 1.29 is 13.2 Å². The van der Waals surface area contributed by atoms with Gasteiger partial charge in [0.15, 0.2) is 0 Å². The average molecular weight is 335 g/mol. The molecule has 1 saturated heterocycles. The Morgan fingerprint density at radius 1 is 1.23 bits per heavy atom. The third-order valence-corrected chi connectivity index (χ3v) is 4.30. The summed E-state index contributed by atoms with van der Waals surface area (Å²) in [5.41, 5.74) is -0.0390. The lowest BCUT2D eigenvalue weighted by Crippen LogP contribution is -2.45. The predicted octanol–water partition coefficient (Wildman–Crippen LogP) is 4.35. The zero-order chi connectivity index (χ0) is 16.3. The summed E-state index contributed by atoms with van der Waals surface area (Å²) in [6.07, 6.45) is -3.59.